The molecular weight excluding hydrogens is 364 g/mol. The second kappa shape index (κ2) is 8.37. The van der Waals surface area contributed by atoms with E-state index >= 15 is 0 Å². The van der Waals surface area contributed by atoms with Gasteiger partial charge in [0.15, 0.2) is 11.5 Å². The molecule has 0 spiro atoms. The molecule has 1 atom stereocenters. The van der Waals surface area contributed by atoms with E-state index < -0.39 is 0 Å². The van der Waals surface area contributed by atoms with Crippen molar-refractivity contribution in [3.05, 3.63) is 18.2 Å². The minimum absolute atomic E-state index is 0.0204. The van der Waals surface area contributed by atoms with Crippen molar-refractivity contribution >= 4 is 23.5 Å². The third-order valence-corrected chi connectivity index (χ3v) is 5.14. The third-order valence-electron chi connectivity index (χ3n) is 5.14. The standard InChI is InChI=1S/C19H26N4O5/c1-13(24)21-6-8-22(9-7-21)19(26)20-14-10-18(25)23(12-14)15-4-5-16(27-2)17(11-15)28-3/h4-5,11,14H,6-10,12H2,1-3H3,(H,20,26). The number of carbonyl (C=O) groups excluding carboxylic acids is 3. The number of nitrogens with one attached hydrogen (secondary N) is 1. The lowest BCUT2D eigenvalue weighted by atomic mass is 10.2. The molecule has 0 saturated carbocycles. The molecule has 2 fully saturated rings. The summed E-state index contributed by atoms with van der Waals surface area (Å²) in [6.07, 6.45) is 0.244. The number of methoxy groups -OCH3 is 2. The first-order valence-electron chi connectivity index (χ1n) is 9.26. The van der Waals surface area contributed by atoms with Gasteiger partial charge in [-0.25, -0.2) is 4.79 Å². The van der Waals surface area contributed by atoms with Crippen LogP contribution in [-0.4, -0.2) is 80.6 Å². The van der Waals surface area contributed by atoms with Crippen molar-refractivity contribution in [1.29, 1.82) is 0 Å². The molecule has 0 aromatic heterocycles. The van der Waals surface area contributed by atoms with E-state index in [0.29, 0.717) is 49.9 Å². The molecular formula is C19H26N4O5. The first kappa shape index (κ1) is 19.8. The van der Waals surface area contributed by atoms with Crippen molar-refractivity contribution in [2.75, 3.05) is 51.8 Å². The molecule has 1 aromatic carbocycles. The van der Waals surface area contributed by atoms with Crippen LogP contribution in [0.25, 0.3) is 0 Å². The highest BCUT2D eigenvalue weighted by molar-refractivity contribution is 5.97. The number of ether oxygens (including phenoxy) is 2. The zero-order valence-corrected chi connectivity index (χ0v) is 16.4. The average molecular weight is 390 g/mol. The quantitative estimate of drug-likeness (QED) is 0.817. The van der Waals surface area contributed by atoms with Crippen LogP contribution in [0.3, 0.4) is 0 Å². The molecule has 1 unspecified atom stereocenters. The number of anilines is 1. The minimum Gasteiger partial charge on any atom is -0.493 e. The Hall–Kier alpha value is -2.97. The molecule has 2 heterocycles. The van der Waals surface area contributed by atoms with E-state index in [1.165, 1.54) is 6.92 Å². The van der Waals surface area contributed by atoms with Crippen molar-refractivity contribution in [1.82, 2.24) is 15.1 Å². The van der Waals surface area contributed by atoms with Gasteiger partial charge in [-0.1, -0.05) is 0 Å². The molecule has 0 aliphatic carbocycles. The Labute approximate surface area is 164 Å². The van der Waals surface area contributed by atoms with Crippen LogP contribution < -0.4 is 19.7 Å². The Morgan fingerprint density at radius 3 is 2.29 bits per heavy atom. The number of piperazine rings is 1. The van der Waals surface area contributed by atoms with Gasteiger partial charge in [0.1, 0.15) is 0 Å². The Bertz CT molecular complexity index is 761. The molecule has 152 valence electrons. The summed E-state index contributed by atoms with van der Waals surface area (Å²) in [6.45, 7) is 3.97. The third kappa shape index (κ3) is 4.13. The summed E-state index contributed by atoms with van der Waals surface area (Å²) in [4.78, 5) is 41.4. The van der Waals surface area contributed by atoms with E-state index in [0.717, 1.165) is 0 Å². The van der Waals surface area contributed by atoms with Crippen LogP contribution in [-0.2, 0) is 9.59 Å². The number of benzene rings is 1. The number of amides is 4. The maximum Gasteiger partial charge on any atom is 0.317 e. The Morgan fingerprint density at radius 1 is 1.04 bits per heavy atom. The first-order chi connectivity index (χ1) is 13.4. The van der Waals surface area contributed by atoms with Crippen molar-refractivity contribution in [2.24, 2.45) is 0 Å². The number of hydrogen-bond donors (Lipinski definition) is 1. The molecule has 9 heteroatoms. The monoisotopic (exact) mass is 390 g/mol. The highest BCUT2D eigenvalue weighted by Crippen LogP contribution is 2.33. The van der Waals surface area contributed by atoms with E-state index in [4.69, 9.17) is 9.47 Å². The molecule has 4 amide bonds. The Morgan fingerprint density at radius 2 is 1.68 bits per heavy atom. The maximum atomic E-state index is 12.5. The number of nitrogens with zero attached hydrogens (tertiary/aromatic N) is 3. The highest BCUT2D eigenvalue weighted by atomic mass is 16.5. The van der Waals surface area contributed by atoms with Gasteiger partial charge in [0.2, 0.25) is 11.8 Å². The van der Waals surface area contributed by atoms with Crippen LogP contribution in [0.2, 0.25) is 0 Å². The fourth-order valence-corrected chi connectivity index (χ4v) is 3.54. The number of carbonyl (C=O) groups is 3. The molecule has 1 aromatic rings. The SMILES string of the molecule is COc1ccc(N2CC(NC(=O)N3CCN(C(C)=O)CC3)CC2=O)cc1OC. The lowest BCUT2D eigenvalue weighted by molar-refractivity contribution is -0.130. The average Bonchev–Trinajstić information content (AvgIpc) is 3.07. The summed E-state index contributed by atoms with van der Waals surface area (Å²) < 4.78 is 10.5. The zero-order valence-electron chi connectivity index (χ0n) is 16.4. The van der Waals surface area contributed by atoms with E-state index in [1.54, 1.807) is 47.1 Å². The Kier molecular flexibility index (Phi) is 5.91. The number of rotatable bonds is 4. The van der Waals surface area contributed by atoms with Crippen LogP contribution >= 0.6 is 0 Å². The highest BCUT2D eigenvalue weighted by Gasteiger charge is 2.33. The van der Waals surface area contributed by atoms with Gasteiger partial charge in [0.25, 0.3) is 0 Å². The summed E-state index contributed by atoms with van der Waals surface area (Å²) in [6, 6.07) is 4.84. The predicted octanol–water partition coefficient (Wildman–Crippen LogP) is 0.683. The lowest BCUT2D eigenvalue weighted by Crippen LogP contribution is -2.54. The van der Waals surface area contributed by atoms with Crippen molar-refractivity contribution in [3.8, 4) is 11.5 Å². The summed E-state index contributed by atoms with van der Waals surface area (Å²) in [5.41, 5.74) is 0.703. The van der Waals surface area contributed by atoms with Gasteiger partial charge in [0, 0.05) is 57.8 Å². The zero-order chi connectivity index (χ0) is 20.3. The van der Waals surface area contributed by atoms with Gasteiger partial charge in [-0.15, -0.1) is 0 Å². The van der Waals surface area contributed by atoms with Crippen LogP contribution in [0.5, 0.6) is 11.5 Å². The Balaban J connectivity index is 1.59. The summed E-state index contributed by atoms with van der Waals surface area (Å²) in [7, 11) is 3.10. The van der Waals surface area contributed by atoms with Crippen molar-refractivity contribution in [2.45, 2.75) is 19.4 Å². The van der Waals surface area contributed by atoms with E-state index in [9.17, 15) is 14.4 Å². The second-order valence-electron chi connectivity index (χ2n) is 6.89. The molecule has 2 aliphatic heterocycles. The maximum absolute atomic E-state index is 12.5. The van der Waals surface area contributed by atoms with Crippen LogP contribution in [0.4, 0.5) is 10.5 Å². The van der Waals surface area contributed by atoms with Gasteiger partial charge >= 0.3 is 6.03 Å². The van der Waals surface area contributed by atoms with E-state index in [1.807, 2.05) is 0 Å². The van der Waals surface area contributed by atoms with Gasteiger partial charge < -0.3 is 29.5 Å². The smallest absolute Gasteiger partial charge is 0.317 e. The molecule has 2 aliphatic rings. The van der Waals surface area contributed by atoms with Gasteiger partial charge in [0.05, 0.1) is 20.3 Å². The minimum atomic E-state index is -0.265. The number of hydrogen-bond acceptors (Lipinski definition) is 5. The topological polar surface area (TPSA) is 91.4 Å². The molecule has 0 radical (unpaired) electrons. The fraction of sp³-hybridized carbons (Fsp3) is 0.526. The molecule has 9 nitrogen and oxygen atoms in total. The van der Waals surface area contributed by atoms with Gasteiger partial charge in [-0.2, -0.15) is 0 Å². The van der Waals surface area contributed by atoms with Crippen LogP contribution in [0.15, 0.2) is 18.2 Å². The van der Waals surface area contributed by atoms with Gasteiger partial charge in [-0.3, -0.25) is 9.59 Å². The summed E-state index contributed by atoms with van der Waals surface area (Å²) >= 11 is 0. The number of urea groups is 1. The molecule has 0 bridgehead atoms. The fourth-order valence-electron chi connectivity index (χ4n) is 3.54. The predicted molar refractivity (Wildman–Crippen MR) is 103 cm³/mol. The van der Waals surface area contributed by atoms with Crippen molar-refractivity contribution < 1.29 is 23.9 Å². The second-order valence-corrected chi connectivity index (χ2v) is 6.89. The first-order valence-corrected chi connectivity index (χ1v) is 9.26. The molecule has 28 heavy (non-hydrogen) atoms. The largest absolute Gasteiger partial charge is 0.493 e. The van der Waals surface area contributed by atoms with Crippen molar-refractivity contribution in [3.63, 3.8) is 0 Å². The summed E-state index contributed by atoms with van der Waals surface area (Å²) in [5.74, 6) is 1.10. The van der Waals surface area contributed by atoms with E-state index in [-0.39, 0.29) is 30.3 Å². The lowest BCUT2D eigenvalue weighted by Gasteiger charge is -2.34. The summed E-state index contributed by atoms with van der Waals surface area (Å²) in [5, 5.41) is 2.94. The van der Waals surface area contributed by atoms with Crippen LogP contribution in [0, 0.1) is 0 Å². The van der Waals surface area contributed by atoms with E-state index in [2.05, 4.69) is 5.32 Å². The molecule has 2 saturated heterocycles. The molecule has 1 N–H and O–H groups in total. The normalized spacial score (nSPS) is 19.6. The van der Waals surface area contributed by atoms with Crippen LogP contribution in [0.1, 0.15) is 13.3 Å². The van der Waals surface area contributed by atoms with Gasteiger partial charge in [-0.05, 0) is 12.1 Å². The molecule has 3 rings (SSSR count).